The van der Waals surface area contributed by atoms with Gasteiger partial charge in [-0.2, -0.15) is 0 Å². The van der Waals surface area contributed by atoms with E-state index in [9.17, 15) is 14.4 Å². The Morgan fingerprint density at radius 3 is 2.44 bits per heavy atom. The highest BCUT2D eigenvalue weighted by Crippen LogP contribution is 2.67. The zero-order valence-corrected chi connectivity index (χ0v) is 20.7. The predicted octanol–water partition coefficient (Wildman–Crippen LogP) is 5.35. The molecule has 5 unspecified atom stereocenters. The average Bonchev–Trinajstić information content (AvgIpc) is 3.09. The van der Waals surface area contributed by atoms with E-state index in [1.807, 2.05) is 0 Å². The summed E-state index contributed by atoms with van der Waals surface area (Å²) in [6, 6.07) is 0. The van der Waals surface area contributed by atoms with Crippen LogP contribution in [0.2, 0.25) is 0 Å². The van der Waals surface area contributed by atoms with Crippen LogP contribution in [0.1, 0.15) is 91.9 Å². The summed E-state index contributed by atoms with van der Waals surface area (Å²) in [6.45, 7) is 8.66. The molecule has 0 spiro atoms. The minimum atomic E-state index is -0.203. The number of carbonyl (C=O) groups is 3. The molecule has 5 heteroatoms. The van der Waals surface area contributed by atoms with Crippen LogP contribution in [0.25, 0.3) is 0 Å². The van der Waals surface area contributed by atoms with Gasteiger partial charge in [0.1, 0.15) is 11.9 Å². The lowest BCUT2D eigenvalue weighted by molar-refractivity contribution is -0.168. The Hall–Kier alpha value is -1.39. The highest BCUT2D eigenvalue weighted by molar-refractivity contribution is 5.83. The Morgan fingerprint density at radius 2 is 1.75 bits per heavy atom. The van der Waals surface area contributed by atoms with Gasteiger partial charge >= 0.3 is 11.9 Å². The van der Waals surface area contributed by atoms with Crippen LogP contribution in [0.4, 0.5) is 0 Å². The van der Waals surface area contributed by atoms with Crippen molar-refractivity contribution in [1.29, 1.82) is 0 Å². The summed E-state index contributed by atoms with van der Waals surface area (Å²) in [4.78, 5) is 36.8. The van der Waals surface area contributed by atoms with Gasteiger partial charge in [-0.1, -0.05) is 20.8 Å². The van der Waals surface area contributed by atoms with Gasteiger partial charge in [0, 0.05) is 25.7 Å². The highest BCUT2D eigenvalue weighted by Gasteiger charge is 2.63. The van der Waals surface area contributed by atoms with Crippen molar-refractivity contribution in [2.45, 2.75) is 98.0 Å². The first-order valence-corrected chi connectivity index (χ1v) is 12.9. The van der Waals surface area contributed by atoms with Gasteiger partial charge in [-0.15, -0.1) is 0 Å². The third kappa shape index (κ3) is 3.92. The van der Waals surface area contributed by atoms with Crippen LogP contribution >= 0.6 is 0 Å². The lowest BCUT2D eigenvalue weighted by Crippen LogP contribution is -2.57. The number of carbonyl (C=O) groups excluding carboxylic acids is 3. The molecule has 5 nitrogen and oxygen atoms in total. The van der Waals surface area contributed by atoms with Crippen LogP contribution in [0, 0.1) is 46.3 Å². The summed E-state index contributed by atoms with van der Waals surface area (Å²) in [5.41, 5.74) is 0.385. The van der Waals surface area contributed by atoms with E-state index in [1.165, 1.54) is 26.9 Å². The molecule has 32 heavy (non-hydrogen) atoms. The molecule has 4 rings (SSSR count). The van der Waals surface area contributed by atoms with Gasteiger partial charge in [-0.05, 0) is 91.8 Å². The van der Waals surface area contributed by atoms with Crippen LogP contribution in [0.5, 0.6) is 0 Å². The summed E-state index contributed by atoms with van der Waals surface area (Å²) in [5.74, 6) is 2.68. The maximum absolute atomic E-state index is 13.6. The molecule has 4 fully saturated rings. The molecule has 180 valence electrons. The van der Waals surface area contributed by atoms with E-state index >= 15 is 0 Å². The summed E-state index contributed by atoms with van der Waals surface area (Å²) < 4.78 is 10.4. The first-order valence-electron chi connectivity index (χ1n) is 12.9. The topological polar surface area (TPSA) is 69.7 Å². The molecule has 0 aromatic rings. The van der Waals surface area contributed by atoms with Crippen molar-refractivity contribution in [3.05, 3.63) is 0 Å². The van der Waals surface area contributed by atoms with E-state index in [4.69, 9.17) is 9.47 Å². The third-order valence-corrected chi connectivity index (χ3v) is 10.5. The fourth-order valence-electron chi connectivity index (χ4n) is 8.86. The second-order valence-electron chi connectivity index (χ2n) is 11.9. The van der Waals surface area contributed by atoms with Crippen molar-refractivity contribution in [2.24, 2.45) is 46.3 Å². The maximum Gasteiger partial charge on any atom is 0.305 e. The fourth-order valence-corrected chi connectivity index (χ4v) is 8.86. The lowest BCUT2D eigenvalue weighted by Gasteiger charge is -2.60. The Bertz CT molecular complexity index is 761. The molecule has 0 heterocycles. The van der Waals surface area contributed by atoms with Crippen molar-refractivity contribution in [2.75, 3.05) is 7.11 Å². The highest BCUT2D eigenvalue weighted by atomic mass is 16.5. The van der Waals surface area contributed by atoms with Crippen LogP contribution < -0.4 is 0 Å². The lowest BCUT2D eigenvalue weighted by atomic mass is 9.44. The summed E-state index contributed by atoms with van der Waals surface area (Å²) in [5, 5.41) is 0. The Kier molecular flexibility index (Phi) is 6.50. The molecule has 0 amide bonds. The summed E-state index contributed by atoms with van der Waals surface area (Å²) in [6.07, 6.45) is 9.49. The molecular weight excluding hydrogens is 404 g/mol. The summed E-state index contributed by atoms with van der Waals surface area (Å²) in [7, 11) is 1.46. The smallest absolute Gasteiger partial charge is 0.305 e. The zero-order valence-electron chi connectivity index (χ0n) is 20.7. The van der Waals surface area contributed by atoms with Gasteiger partial charge in [0.2, 0.25) is 0 Å². The number of rotatable bonds is 5. The molecule has 4 saturated carbocycles. The zero-order chi connectivity index (χ0) is 23.3. The first-order chi connectivity index (χ1) is 15.1. The van der Waals surface area contributed by atoms with Crippen LogP contribution in [-0.4, -0.2) is 30.9 Å². The molecule has 0 N–H and O–H groups in total. The quantitative estimate of drug-likeness (QED) is 0.533. The molecule has 0 aromatic heterocycles. The molecule has 4 aliphatic carbocycles. The molecule has 4 aliphatic rings. The number of fused-ring (bicyclic) bond motifs is 5. The number of methoxy groups -OCH3 is 1. The second-order valence-corrected chi connectivity index (χ2v) is 11.9. The average molecular weight is 447 g/mol. The van der Waals surface area contributed by atoms with E-state index < -0.39 is 0 Å². The minimum absolute atomic E-state index is 0.0182. The number of hydrogen-bond donors (Lipinski definition) is 0. The van der Waals surface area contributed by atoms with E-state index in [0.717, 1.165) is 38.5 Å². The van der Waals surface area contributed by atoms with E-state index in [0.29, 0.717) is 48.2 Å². The van der Waals surface area contributed by atoms with Crippen molar-refractivity contribution < 1.29 is 23.9 Å². The van der Waals surface area contributed by atoms with Gasteiger partial charge < -0.3 is 9.47 Å². The SMILES string of the molecule is COC(=O)CC[C@@H](C)[C@H]1CCC2C3C(=O)CC4C[C@H](OC(C)=O)CCC4(C)C3CC[C@@]21C. The van der Waals surface area contributed by atoms with E-state index in [2.05, 4.69) is 20.8 Å². The molecule has 0 aliphatic heterocycles. The van der Waals surface area contributed by atoms with Crippen molar-refractivity contribution >= 4 is 17.7 Å². The van der Waals surface area contributed by atoms with E-state index in [1.54, 1.807) is 0 Å². The number of ketones is 1. The predicted molar refractivity (Wildman–Crippen MR) is 122 cm³/mol. The van der Waals surface area contributed by atoms with Crippen LogP contribution in [0.15, 0.2) is 0 Å². The standard InChI is InChI=1S/C27H42O5/c1-16(6-9-24(30)31-5)20-7-8-21-25-22(11-13-27(20,21)4)26(3)12-10-19(32-17(2)28)14-18(26)15-23(25)29/h16,18-22,25H,6-15H2,1-5H3/t16-,18?,19-,20-,21?,22?,25?,26?,27-/m1/s1. The van der Waals surface area contributed by atoms with Crippen molar-refractivity contribution in [1.82, 2.24) is 0 Å². The maximum atomic E-state index is 13.6. The molecule has 0 saturated heterocycles. The third-order valence-electron chi connectivity index (χ3n) is 10.5. The molecular formula is C27H42O5. The van der Waals surface area contributed by atoms with Gasteiger partial charge in [0.25, 0.3) is 0 Å². The van der Waals surface area contributed by atoms with Crippen LogP contribution in [-0.2, 0) is 23.9 Å². The molecule has 0 aromatic carbocycles. The summed E-state index contributed by atoms with van der Waals surface area (Å²) >= 11 is 0. The Labute approximate surface area is 193 Å². The van der Waals surface area contributed by atoms with Crippen molar-refractivity contribution in [3.63, 3.8) is 0 Å². The second kappa shape index (κ2) is 8.76. The first kappa shape index (κ1) is 23.8. The monoisotopic (exact) mass is 446 g/mol. The molecule has 0 radical (unpaired) electrons. The number of hydrogen-bond acceptors (Lipinski definition) is 5. The molecule has 9 atom stereocenters. The van der Waals surface area contributed by atoms with Crippen LogP contribution in [0.3, 0.4) is 0 Å². The number of ether oxygens (including phenoxy) is 2. The number of Topliss-reactive ketones (excluding diaryl/α,β-unsaturated/α-hetero) is 1. The van der Waals surface area contributed by atoms with Gasteiger partial charge in [0.05, 0.1) is 7.11 Å². The Morgan fingerprint density at radius 1 is 1.06 bits per heavy atom. The fraction of sp³-hybridized carbons (Fsp3) is 0.889. The largest absolute Gasteiger partial charge is 0.469 e. The van der Waals surface area contributed by atoms with E-state index in [-0.39, 0.29) is 34.8 Å². The normalized spacial score (nSPS) is 44.1. The van der Waals surface area contributed by atoms with Gasteiger partial charge in [-0.3, -0.25) is 14.4 Å². The van der Waals surface area contributed by atoms with Gasteiger partial charge in [0.15, 0.2) is 0 Å². The van der Waals surface area contributed by atoms with Gasteiger partial charge in [-0.25, -0.2) is 0 Å². The molecule has 0 bridgehead atoms. The minimum Gasteiger partial charge on any atom is -0.469 e. The number of esters is 2. The Balaban J connectivity index is 1.50. The van der Waals surface area contributed by atoms with Crippen molar-refractivity contribution in [3.8, 4) is 0 Å².